The molecule has 0 aromatic heterocycles. The van der Waals surface area contributed by atoms with Gasteiger partial charge >= 0.3 is 12.0 Å². The summed E-state index contributed by atoms with van der Waals surface area (Å²) in [4.78, 5) is 36.7. The van der Waals surface area contributed by atoms with Crippen LogP contribution < -0.4 is 5.32 Å². The highest BCUT2D eigenvalue weighted by Gasteiger charge is 2.43. The maximum Gasteiger partial charge on any atom is 0.325 e. The van der Waals surface area contributed by atoms with Gasteiger partial charge in [0.1, 0.15) is 12.1 Å². The van der Waals surface area contributed by atoms with Crippen LogP contribution in [0.4, 0.5) is 4.79 Å². The summed E-state index contributed by atoms with van der Waals surface area (Å²) in [5.74, 6) is -0.531. The third-order valence-corrected chi connectivity index (χ3v) is 6.01. The standard InChI is InChI=1S/C25H46N2O4/c1-4-5-6-7-8-9-10-11-12-13-14-15-16-17-18-19-22(28)31-21-20-27-23(29)25(2,3)26-24(27)30/h4-21H2,1-3H3,(H,26,30). The molecule has 1 rings (SSSR count). The molecule has 1 fully saturated rings. The van der Waals surface area contributed by atoms with Gasteiger partial charge in [-0.3, -0.25) is 14.5 Å². The highest BCUT2D eigenvalue weighted by molar-refractivity contribution is 6.06. The minimum absolute atomic E-state index is 0.0623. The van der Waals surface area contributed by atoms with Crippen LogP contribution in [-0.2, 0) is 14.3 Å². The Kier molecular flexibility index (Phi) is 14.3. The monoisotopic (exact) mass is 438 g/mol. The van der Waals surface area contributed by atoms with Crippen LogP contribution in [0.3, 0.4) is 0 Å². The van der Waals surface area contributed by atoms with Crippen molar-refractivity contribution in [3.63, 3.8) is 0 Å². The van der Waals surface area contributed by atoms with Gasteiger partial charge in [0, 0.05) is 6.42 Å². The van der Waals surface area contributed by atoms with Gasteiger partial charge in [0.05, 0.1) is 6.54 Å². The van der Waals surface area contributed by atoms with E-state index in [1.807, 2.05) is 0 Å². The SMILES string of the molecule is CCCCCCCCCCCCCCCCCC(=O)OCCN1C(=O)NC(C)(C)C1=O. The lowest BCUT2D eigenvalue weighted by Crippen LogP contribution is -2.40. The lowest BCUT2D eigenvalue weighted by molar-refractivity contribution is -0.145. The van der Waals surface area contributed by atoms with Gasteiger partial charge in [-0.2, -0.15) is 0 Å². The molecule has 1 aliphatic heterocycles. The molecule has 1 aliphatic rings. The van der Waals surface area contributed by atoms with Gasteiger partial charge in [-0.1, -0.05) is 96.8 Å². The Hall–Kier alpha value is -1.59. The number of rotatable bonds is 19. The summed E-state index contributed by atoms with van der Waals surface area (Å²) in [5.41, 5.74) is -0.880. The maximum atomic E-state index is 12.0. The number of carbonyl (C=O) groups excluding carboxylic acids is 3. The van der Waals surface area contributed by atoms with E-state index in [1.54, 1.807) is 13.8 Å². The Balaban J connectivity index is 1.86. The molecule has 6 nitrogen and oxygen atoms in total. The van der Waals surface area contributed by atoms with Gasteiger partial charge in [-0.15, -0.1) is 0 Å². The second-order valence-electron chi connectivity index (χ2n) is 9.43. The number of ether oxygens (including phenoxy) is 1. The second kappa shape index (κ2) is 16.1. The molecule has 1 N–H and O–H groups in total. The zero-order valence-corrected chi connectivity index (χ0v) is 20.3. The van der Waals surface area contributed by atoms with Crippen molar-refractivity contribution in [3.05, 3.63) is 0 Å². The van der Waals surface area contributed by atoms with Crippen LogP contribution in [0, 0.1) is 0 Å². The van der Waals surface area contributed by atoms with Crippen molar-refractivity contribution >= 4 is 17.9 Å². The fourth-order valence-corrected chi connectivity index (χ4v) is 3.98. The number of urea groups is 1. The Morgan fingerprint density at radius 3 is 1.68 bits per heavy atom. The summed E-state index contributed by atoms with van der Waals surface area (Å²) in [7, 11) is 0. The third-order valence-electron chi connectivity index (χ3n) is 6.01. The largest absolute Gasteiger partial charge is 0.464 e. The van der Waals surface area contributed by atoms with E-state index in [0.717, 1.165) is 17.7 Å². The van der Waals surface area contributed by atoms with Crippen molar-refractivity contribution in [2.45, 2.75) is 129 Å². The molecule has 0 radical (unpaired) electrons. The first kappa shape index (κ1) is 27.4. The smallest absolute Gasteiger partial charge is 0.325 e. The molecule has 0 atom stereocenters. The van der Waals surface area contributed by atoms with E-state index >= 15 is 0 Å². The van der Waals surface area contributed by atoms with Gasteiger partial charge in [0.25, 0.3) is 5.91 Å². The molecule has 31 heavy (non-hydrogen) atoms. The Morgan fingerprint density at radius 2 is 1.26 bits per heavy atom. The number of hydrogen-bond donors (Lipinski definition) is 1. The van der Waals surface area contributed by atoms with Gasteiger partial charge in [-0.05, 0) is 20.3 Å². The first-order chi connectivity index (χ1) is 14.9. The summed E-state index contributed by atoms with van der Waals surface area (Å²) in [6, 6.07) is -0.423. The highest BCUT2D eigenvalue weighted by atomic mass is 16.5. The number of imide groups is 1. The number of nitrogens with one attached hydrogen (secondary N) is 1. The molecule has 0 bridgehead atoms. The van der Waals surface area contributed by atoms with E-state index in [0.29, 0.717) is 6.42 Å². The average Bonchev–Trinajstić information content (AvgIpc) is 2.92. The highest BCUT2D eigenvalue weighted by Crippen LogP contribution is 2.16. The van der Waals surface area contributed by atoms with Crippen LogP contribution in [0.1, 0.15) is 124 Å². The first-order valence-electron chi connectivity index (χ1n) is 12.7. The Bertz CT molecular complexity index is 534. The molecule has 0 aromatic rings. The molecule has 0 spiro atoms. The number of amides is 3. The summed E-state index contributed by atoms with van der Waals surface area (Å²) in [6.07, 6.45) is 19.8. The predicted octanol–water partition coefficient (Wildman–Crippen LogP) is 6.12. The van der Waals surface area contributed by atoms with E-state index in [2.05, 4.69) is 12.2 Å². The Labute approximate surface area is 189 Å². The minimum atomic E-state index is -0.880. The zero-order valence-electron chi connectivity index (χ0n) is 20.3. The van der Waals surface area contributed by atoms with Gasteiger partial charge in [0.2, 0.25) is 0 Å². The normalized spacial score (nSPS) is 15.4. The molecular formula is C25H46N2O4. The van der Waals surface area contributed by atoms with E-state index in [4.69, 9.17) is 4.74 Å². The lowest BCUT2D eigenvalue weighted by Gasteiger charge is -2.15. The molecule has 3 amide bonds. The first-order valence-corrected chi connectivity index (χ1v) is 12.7. The Morgan fingerprint density at radius 1 is 0.806 bits per heavy atom. The summed E-state index contributed by atoms with van der Waals surface area (Å²) in [6.45, 7) is 5.76. The van der Waals surface area contributed by atoms with Gasteiger partial charge in [-0.25, -0.2) is 4.79 Å². The van der Waals surface area contributed by atoms with Gasteiger partial charge < -0.3 is 10.1 Å². The van der Waals surface area contributed by atoms with Crippen molar-refractivity contribution < 1.29 is 19.1 Å². The van der Waals surface area contributed by atoms with Crippen molar-refractivity contribution in [3.8, 4) is 0 Å². The fourth-order valence-electron chi connectivity index (χ4n) is 3.98. The van der Waals surface area contributed by atoms with Crippen LogP contribution in [0.5, 0.6) is 0 Å². The van der Waals surface area contributed by atoms with E-state index in [-0.39, 0.29) is 25.0 Å². The fraction of sp³-hybridized carbons (Fsp3) is 0.880. The molecule has 0 aliphatic carbocycles. The predicted molar refractivity (Wildman–Crippen MR) is 125 cm³/mol. The number of unbranched alkanes of at least 4 members (excludes halogenated alkanes) is 14. The molecule has 0 aromatic carbocycles. The maximum absolute atomic E-state index is 12.0. The summed E-state index contributed by atoms with van der Waals surface area (Å²) >= 11 is 0. The topological polar surface area (TPSA) is 75.7 Å². The third kappa shape index (κ3) is 12.1. The average molecular weight is 439 g/mol. The minimum Gasteiger partial charge on any atom is -0.464 e. The molecule has 0 saturated carbocycles. The van der Waals surface area contributed by atoms with Crippen molar-refractivity contribution in [2.75, 3.05) is 13.2 Å². The van der Waals surface area contributed by atoms with Crippen molar-refractivity contribution in [1.29, 1.82) is 0 Å². The van der Waals surface area contributed by atoms with Crippen molar-refractivity contribution in [1.82, 2.24) is 10.2 Å². The van der Waals surface area contributed by atoms with Crippen LogP contribution in [0.25, 0.3) is 0 Å². The molecular weight excluding hydrogens is 392 g/mol. The van der Waals surface area contributed by atoms with E-state index in [1.165, 1.54) is 83.5 Å². The quantitative estimate of drug-likeness (QED) is 0.150. The van der Waals surface area contributed by atoms with Crippen LogP contribution in [0.2, 0.25) is 0 Å². The molecule has 1 heterocycles. The van der Waals surface area contributed by atoms with Gasteiger partial charge in [0.15, 0.2) is 0 Å². The van der Waals surface area contributed by atoms with Crippen LogP contribution in [0.15, 0.2) is 0 Å². The molecule has 1 saturated heterocycles. The number of carbonyl (C=O) groups is 3. The number of hydrogen-bond acceptors (Lipinski definition) is 4. The second-order valence-corrected chi connectivity index (χ2v) is 9.43. The van der Waals surface area contributed by atoms with Crippen molar-refractivity contribution in [2.24, 2.45) is 0 Å². The molecule has 180 valence electrons. The number of nitrogens with zero attached hydrogens (tertiary/aromatic N) is 1. The summed E-state index contributed by atoms with van der Waals surface area (Å²) in [5, 5.41) is 2.61. The van der Waals surface area contributed by atoms with Crippen LogP contribution >= 0.6 is 0 Å². The summed E-state index contributed by atoms with van der Waals surface area (Å²) < 4.78 is 5.18. The number of esters is 1. The molecule has 6 heteroatoms. The lowest BCUT2D eigenvalue weighted by atomic mass is 10.0. The van der Waals surface area contributed by atoms with Crippen LogP contribution in [-0.4, -0.2) is 41.5 Å². The van der Waals surface area contributed by atoms with E-state index in [9.17, 15) is 14.4 Å². The molecule has 0 unspecified atom stereocenters. The zero-order chi connectivity index (χ0) is 23.0. The van der Waals surface area contributed by atoms with E-state index < -0.39 is 11.6 Å².